The molecule has 0 saturated heterocycles. The molecule has 1 amide bonds. The van der Waals surface area contributed by atoms with Crippen LogP contribution in [0.3, 0.4) is 0 Å². The minimum atomic E-state index is -3.56. The number of aryl methyl sites for hydroxylation is 1. The average Bonchev–Trinajstić information content (AvgIpc) is 2.95. The van der Waals surface area contributed by atoms with E-state index in [-0.39, 0.29) is 29.5 Å². The number of nitrogens with zero attached hydrogens (tertiary/aromatic N) is 1. The monoisotopic (exact) mass is 402 g/mol. The SMILES string of the molecule is Cc1cc(S(=O)(=O)NC(C)C)ccc1OCC(=O)N1c2ccccc2CC1C. The lowest BCUT2D eigenvalue weighted by Crippen LogP contribution is -2.39. The molecule has 0 radical (unpaired) electrons. The molecular weight excluding hydrogens is 376 g/mol. The molecule has 0 saturated carbocycles. The summed E-state index contributed by atoms with van der Waals surface area (Å²) < 4.78 is 32.8. The van der Waals surface area contributed by atoms with Crippen molar-refractivity contribution in [1.29, 1.82) is 0 Å². The molecule has 0 aliphatic carbocycles. The third-order valence-corrected chi connectivity index (χ3v) is 6.33. The van der Waals surface area contributed by atoms with Crippen LogP contribution in [-0.2, 0) is 21.2 Å². The van der Waals surface area contributed by atoms with E-state index in [2.05, 4.69) is 4.72 Å². The number of benzene rings is 2. The number of para-hydroxylation sites is 1. The molecule has 2 aromatic rings. The van der Waals surface area contributed by atoms with Crippen LogP contribution in [0.25, 0.3) is 0 Å². The molecule has 1 atom stereocenters. The molecule has 2 aromatic carbocycles. The largest absolute Gasteiger partial charge is 0.483 e. The first-order chi connectivity index (χ1) is 13.2. The van der Waals surface area contributed by atoms with Gasteiger partial charge < -0.3 is 9.64 Å². The predicted molar refractivity (Wildman–Crippen MR) is 109 cm³/mol. The first kappa shape index (κ1) is 20.4. The lowest BCUT2D eigenvalue weighted by Gasteiger charge is -2.23. The van der Waals surface area contributed by atoms with Crippen LogP contribution in [0.1, 0.15) is 31.9 Å². The summed E-state index contributed by atoms with van der Waals surface area (Å²) >= 11 is 0. The van der Waals surface area contributed by atoms with Crippen molar-refractivity contribution in [1.82, 2.24) is 4.72 Å². The third-order valence-electron chi connectivity index (χ3n) is 4.67. The van der Waals surface area contributed by atoms with E-state index in [9.17, 15) is 13.2 Å². The highest BCUT2D eigenvalue weighted by atomic mass is 32.2. The number of nitrogens with one attached hydrogen (secondary N) is 1. The third kappa shape index (κ3) is 4.20. The van der Waals surface area contributed by atoms with E-state index in [1.807, 2.05) is 31.2 Å². The van der Waals surface area contributed by atoms with Crippen molar-refractivity contribution in [3.63, 3.8) is 0 Å². The summed E-state index contributed by atoms with van der Waals surface area (Å²) in [5.41, 5.74) is 2.75. The number of sulfonamides is 1. The quantitative estimate of drug-likeness (QED) is 0.806. The van der Waals surface area contributed by atoms with Crippen LogP contribution in [-0.4, -0.2) is 33.0 Å². The van der Waals surface area contributed by atoms with Crippen molar-refractivity contribution >= 4 is 21.6 Å². The molecule has 150 valence electrons. The number of hydrogen-bond donors (Lipinski definition) is 1. The van der Waals surface area contributed by atoms with E-state index in [1.54, 1.807) is 37.8 Å². The topological polar surface area (TPSA) is 75.7 Å². The second-order valence-electron chi connectivity index (χ2n) is 7.44. The van der Waals surface area contributed by atoms with Gasteiger partial charge in [0, 0.05) is 17.8 Å². The first-order valence-electron chi connectivity index (χ1n) is 9.35. The van der Waals surface area contributed by atoms with Crippen molar-refractivity contribution in [3.05, 3.63) is 53.6 Å². The zero-order valence-electron chi connectivity index (χ0n) is 16.6. The van der Waals surface area contributed by atoms with Gasteiger partial charge in [0.15, 0.2) is 6.61 Å². The molecule has 1 aliphatic heterocycles. The summed E-state index contributed by atoms with van der Waals surface area (Å²) in [6, 6.07) is 12.4. The van der Waals surface area contributed by atoms with Crippen LogP contribution in [0, 0.1) is 6.92 Å². The van der Waals surface area contributed by atoms with E-state index in [1.165, 1.54) is 6.07 Å². The molecule has 1 heterocycles. The summed E-state index contributed by atoms with van der Waals surface area (Å²) in [6.45, 7) is 7.22. The molecule has 7 heteroatoms. The van der Waals surface area contributed by atoms with Crippen LogP contribution in [0.4, 0.5) is 5.69 Å². The minimum Gasteiger partial charge on any atom is -0.483 e. The Morgan fingerprint density at radius 2 is 1.96 bits per heavy atom. The maximum atomic E-state index is 12.7. The lowest BCUT2D eigenvalue weighted by molar-refractivity contribution is -0.120. The summed E-state index contributed by atoms with van der Waals surface area (Å²) in [4.78, 5) is 14.7. The van der Waals surface area contributed by atoms with Gasteiger partial charge in [-0.05, 0) is 69.5 Å². The molecule has 6 nitrogen and oxygen atoms in total. The molecule has 1 N–H and O–H groups in total. The van der Waals surface area contributed by atoms with Gasteiger partial charge in [0.2, 0.25) is 10.0 Å². The Balaban J connectivity index is 1.71. The smallest absolute Gasteiger partial charge is 0.265 e. The zero-order chi connectivity index (χ0) is 20.5. The number of anilines is 1. The van der Waals surface area contributed by atoms with E-state index < -0.39 is 10.0 Å². The Hall–Kier alpha value is -2.38. The Labute approximate surface area is 166 Å². The zero-order valence-corrected chi connectivity index (χ0v) is 17.4. The number of rotatable bonds is 6. The maximum absolute atomic E-state index is 12.7. The summed E-state index contributed by atoms with van der Waals surface area (Å²) in [5.74, 6) is 0.381. The van der Waals surface area contributed by atoms with Gasteiger partial charge in [-0.15, -0.1) is 0 Å². The fraction of sp³-hybridized carbons (Fsp3) is 0.381. The first-order valence-corrected chi connectivity index (χ1v) is 10.8. The summed E-state index contributed by atoms with van der Waals surface area (Å²) in [6.07, 6.45) is 0.830. The number of carbonyl (C=O) groups excluding carboxylic acids is 1. The van der Waals surface area contributed by atoms with Crippen LogP contribution >= 0.6 is 0 Å². The van der Waals surface area contributed by atoms with Gasteiger partial charge in [0.1, 0.15) is 5.75 Å². The van der Waals surface area contributed by atoms with Gasteiger partial charge in [-0.1, -0.05) is 18.2 Å². The predicted octanol–water partition coefficient (Wildman–Crippen LogP) is 3.04. The van der Waals surface area contributed by atoms with E-state index >= 15 is 0 Å². The van der Waals surface area contributed by atoms with E-state index in [0.29, 0.717) is 11.3 Å². The second kappa shape index (κ2) is 7.93. The van der Waals surface area contributed by atoms with Crippen molar-refractivity contribution in [2.75, 3.05) is 11.5 Å². The van der Waals surface area contributed by atoms with Crippen LogP contribution in [0.15, 0.2) is 47.4 Å². The summed E-state index contributed by atoms with van der Waals surface area (Å²) in [7, 11) is -3.56. The minimum absolute atomic E-state index is 0.0872. The number of fused-ring (bicyclic) bond motifs is 1. The van der Waals surface area contributed by atoms with E-state index in [4.69, 9.17) is 4.74 Å². The average molecular weight is 403 g/mol. The number of ether oxygens (including phenoxy) is 1. The standard InChI is InChI=1S/C21H26N2O4S/c1-14(2)22-28(25,26)18-9-10-20(15(3)11-18)27-13-21(24)23-16(4)12-17-7-5-6-8-19(17)23/h5-11,14,16,22H,12-13H2,1-4H3. The molecule has 3 rings (SSSR count). The van der Waals surface area contributed by atoms with Crippen molar-refractivity contribution in [2.24, 2.45) is 0 Å². The van der Waals surface area contributed by atoms with Gasteiger partial charge in [0.05, 0.1) is 4.90 Å². The van der Waals surface area contributed by atoms with Gasteiger partial charge in [-0.25, -0.2) is 13.1 Å². The van der Waals surface area contributed by atoms with Crippen molar-refractivity contribution in [3.8, 4) is 5.75 Å². The highest BCUT2D eigenvalue weighted by molar-refractivity contribution is 7.89. The Kier molecular flexibility index (Phi) is 5.76. The van der Waals surface area contributed by atoms with Gasteiger partial charge >= 0.3 is 0 Å². The lowest BCUT2D eigenvalue weighted by atomic mass is 10.1. The molecule has 28 heavy (non-hydrogen) atoms. The maximum Gasteiger partial charge on any atom is 0.265 e. The molecule has 1 aliphatic rings. The highest BCUT2D eigenvalue weighted by Gasteiger charge is 2.30. The van der Waals surface area contributed by atoms with Crippen molar-refractivity contribution < 1.29 is 17.9 Å². The van der Waals surface area contributed by atoms with Crippen LogP contribution < -0.4 is 14.4 Å². The molecule has 0 aromatic heterocycles. The van der Waals surface area contributed by atoms with Gasteiger partial charge in [0.25, 0.3) is 5.91 Å². The molecule has 0 bridgehead atoms. The Morgan fingerprint density at radius 1 is 1.25 bits per heavy atom. The highest BCUT2D eigenvalue weighted by Crippen LogP contribution is 2.32. The second-order valence-corrected chi connectivity index (χ2v) is 9.15. The molecular formula is C21H26N2O4S. The normalized spacial score (nSPS) is 16.3. The van der Waals surface area contributed by atoms with E-state index in [0.717, 1.165) is 17.7 Å². The summed E-state index contributed by atoms with van der Waals surface area (Å²) in [5, 5.41) is 0. The number of amides is 1. The number of hydrogen-bond acceptors (Lipinski definition) is 4. The van der Waals surface area contributed by atoms with Crippen molar-refractivity contribution in [2.45, 2.75) is 51.1 Å². The van der Waals surface area contributed by atoms with Crippen LogP contribution in [0.2, 0.25) is 0 Å². The van der Waals surface area contributed by atoms with Gasteiger partial charge in [-0.3, -0.25) is 4.79 Å². The molecule has 0 fully saturated rings. The number of carbonyl (C=O) groups is 1. The molecule has 1 unspecified atom stereocenters. The Bertz CT molecular complexity index is 986. The fourth-order valence-electron chi connectivity index (χ4n) is 3.48. The van der Waals surface area contributed by atoms with Crippen LogP contribution in [0.5, 0.6) is 5.75 Å². The fourth-order valence-corrected chi connectivity index (χ4v) is 4.82. The molecule has 0 spiro atoms. The van der Waals surface area contributed by atoms with Gasteiger partial charge in [-0.2, -0.15) is 0 Å². The Morgan fingerprint density at radius 3 is 2.64 bits per heavy atom.